The number of halogens is 1. The number of aliphatic hydroxyl groups is 1. The summed E-state index contributed by atoms with van der Waals surface area (Å²) in [5.41, 5.74) is 7.38. The summed E-state index contributed by atoms with van der Waals surface area (Å²) in [5.74, 6) is -3.04. The number of alkyl carbamates (subject to hydrolysis) is 1. The maximum Gasteiger partial charge on any atom is 0.407 e. The van der Waals surface area contributed by atoms with E-state index in [0.29, 0.717) is 63.1 Å². The van der Waals surface area contributed by atoms with Crippen LogP contribution in [0, 0.1) is 18.7 Å². The summed E-state index contributed by atoms with van der Waals surface area (Å²) in [6.07, 6.45) is -1.05. The molecule has 4 aromatic rings. The maximum atomic E-state index is 15.3. The standard InChI is InChI=1S/C44H49FN8O11/c1-5-44(62)27-15-32-36-25(17-53(32)39(56)26(27)19-63-40(44)57)34-29(13-12-24-21(4)28(45)16-31(49-36)33(24)34)51-43(61)64-18-22-8-10-23(11-9-22)48-37(54)30(7-6-14-47-41(46)58)50-38(55)35(20(2)3)52-42(59)60/h8-11,15-16,20,29-30,35,52,62H,5-7,12-14,17-19H2,1-4H3,(H,48,54)(H,50,55)(H,51,61)(H,59,60)(H3,46,47,58)/t29-,30?,35?,44-/m0/s1. The van der Waals surface area contributed by atoms with Crippen LogP contribution in [0.2, 0.25) is 0 Å². The normalized spacial score (nSPS) is 17.9. The number of pyridine rings is 2. The molecule has 0 bridgehead atoms. The summed E-state index contributed by atoms with van der Waals surface area (Å²) in [7, 11) is 0. The van der Waals surface area contributed by atoms with E-state index in [0.717, 1.165) is 5.56 Å². The topological polar surface area (TPSA) is 282 Å². The predicted octanol–water partition coefficient (Wildman–Crippen LogP) is 3.60. The molecule has 0 radical (unpaired) electrons. The van der Waals surface area contributed by atoms with E-state index in [9.17, 15) is 43.8 Å². The van der Waals surface area contributed by atoms with Gasteiger partial charge in [0.2, 0.25) is 11.8 Å². The molecule has 0 saturated carbocycles. The zero-order chi connectivity index (χ0) is 46.2. The molecule has 6 amide bonds. The fourth-order valence-corrected chi connectivity index (χ4v) is 8.66. The number of nitrogens with one attached hydrogen (secondary N) is 5. The number of hydrogen-bond donors (Lipinski definition) is 8. The van der Waals surface area contributed by atoms with Gasteiger partial charge in [0, 0.05) is 34.8 Å². The van der Waals surface area contributed by atoms with E-state index in [2.05, 4.69) is 26.6 Å². The van der Waals surface area contributed by atoms with Crippen LogP contribution in [0.3, 0.4) is 0 Å². The minimum absolute atomic E-state index is 0.0366. The number of aryl methyl sites for hydroxylation is 1. The van der Waals surface area contributed by atoms with Crippen LogP contribution in [-0.2, 0) is 55.6 Å². The summed E-state index contributed by atoms with van der Waals surface area (Å²) < 4.78 is 27.7. The van der Waals surface area contributed by atoms with E-state index in [1.807, 2.05) is 0 Å². The highest BCUT2D eigenvalue weighted by Gasteiger charge is 2.46. The van der Waals surface area contributed by atoms with Gasteiger partial charge < -0.3 is 56.6 Å². The first-order chi connectivity index (χ1) is 30.4. The number of ether oxygens (including phenoxy) is 2. The molecule has 3 aliphatic rings. The van der Waals surface area contributed by atoms with Gasteiger partial charge in [-0.2, -0.15) is 0 Å². The van der Waals surface area contributed by atoms with Crippen molar-refractivity contribution in [2.24, 2.45) is 11.7 Å². The third-order valence-electron chi connectivity index (χ3n) is 12.1. The Morgan fingerprint density at radius 1 is 1.06 bits per heavy atom. The molecule has 2 unspecified atom stereocenters. The molecule has 2 aromatic heterocycles. The number of benzene rings is 2. The first-order valence-electron chi connectivity index (χ1n) is 20.9. The maximum absolute atomic E-state index is 15.3. The summed E-state index contributed by atoms with van der Waals surface area (Å²) in [6, 6.07) is 5.67. The number of nitrogens with two attached hydrogens (primary N) is 1. The number of fused-ring (bicyclic) bond motifs is 5. The summed E-state index contributed by atoms with van der Waals surface area (Å²) in [5, 5.41) is 34.1. The zero-order valence-corrected chi connectivity index (χ0v) is 35.6. The van der Waals surface area contributed by atoms with Crippen LogP contribution in [0.1, 0.15) is 91.4 Å². The van der Waals surface area contributed by atoms with Crippen LogP contribution in [0.4, 0.5) is 24.5 Å². The number of carbonyl (C=O) groups excluding carboxylic acids is 5. The van der Waals surface area contributed by atoms with Crippen LogP contribution >= 0.6 is 0 Å². The van der Waals surface area contributed by atoms with Crippen molar-refractivity contribution >= 4 is 52.6 Å². The number of aromatic nitrogens is 2. The molecule has 9 N–H and O–H groups in total. The lowest BCUT2D eigenvalue weighted by molar-refractivity contribution is -0.172. The summed E-state index contributed by atoms with van der Waals surface area (Å²) in [6.45, 7) is 6.32. The van der Waals surface area contributed by atoms with Gasteiger partial charge in [-0.3, -0.25) is 14.4 Å². The molecule has 4 atom stereocenters. The summed E-state index contributed by atoms with van der Waals surface area (Å²) >= 11 is 0. The van der Waals surface area contributed by atoms with Gasteiger partial charge in [0.1, 0.15) is 31.1 Å². The van der Waals surface area contributed by atoms with Crippen LogP contribution < -0.4 is 37.9 Å². The lowest BCUT2D eigenvalue weighted by atomic mass is 9.81. The van der Waals surface area contributed by atoms with Crippen molar-refractivity contribution < 1.29 is 52.8 Å². The van der Waals surface area contributed by atoms with Gasteiger partial charge in [0.25, 0.3) is 5.56 Å². The van der Waals surface area contributed by atoms with Crippen molar-refractivity contribution in [1.82, 2.24) is 30.8 Å². The Balaban J connectivity index is 1.07. The first-order valence-corrected chi connectivity index (χ1v) is 20.9. The van der Waals surface area contributed by atoms with Crippen LogP contribution in [0.25, 0.3) is 22.3 Å². The van der Waals surface area contributed by atoms with E-state index in [4.69, 9.17) is 20.2 Å². The Kier molecular flexibility index (Phi) is 12.6. The van der Waals surface area contributed by atoms with E-state index in [1.165, 1.54) is 10.6 Å². The second-order valence-corrected chi connectivity index (χ2v) is 16.5. The molecular formula is C44H49FN8O11. The fourth-order valence-electron chi connectivity index (χ4n) is 8.66. The molecular weight excluding hydrogens is 836 g/mol. The fraction of sp³-hybridized carbons (Fsp3) is 0.409. The third kappa shape index (κ3) is 8.64. The minimum atomic E-state index is -2.04. The number of anilines is 1. The van der Waals surface area contributed by atoms with Gasteiger partial charge in [0.15, 0.2) is 5.60 Å². The molecule has 2 aromatic carbocycles. The van der Waals surface area contributed by atoms with Crippen molar-refractivity contribution in [3.63, 3.8) is 0 Å². The van der Waals surface area contributed by atoms with Gasteiger partial charge in [-0.05, 0) is 85.4 Å². The lowest BCUT2D eigenvalue weighted by Gasteiger charge is -2.31. The molecule has 7 rings (SSSR count). The highest BCUT2D eigenvalue weighted by molar-refractivity contribution is 5.98. The number of carbonyl (C=O) groups is 6. The second-order valence-electron chi connectivity index (χ2n) is 16.5. The Morgan fingerprint density at radius 3 is 2.47 bits per heavy atom. The number of hydrogen-bond acceptors (Lipinski definition) is 11. The van der Waals surface area contributed by atoms with E-state index >= 15 is 4.39 Å². The van der Waals surface area contributed by atoms with Crippen LogP contribution in [-0.4, -0.2) is 74.4 Å². The third-order valence-corrected chi connectivity index (χ3v) is 12.1. The van der Waals surface area contributed by atoms with Gasteiger partial charge in [0.05, 0.1) is 35.1 Å². The minimum Gasteiger partial charge on any atom is -0.465 e. The van der Waals surface area contributed by atoms with Crippen molar-refractivity contribution in [1.29, 1.82) is 0 Å². The Bertz CT molecular complexity index is 2650. The molecule has 4 heterocycles. The van der Waals surface area contributed by atoms with Gasteiger partial charge >= 0.3 is 24.2 Å². The number of esters is 1. The Labute approximate surface area is 365 Å². The average molecular weight is 885 g/mol. The molecule has 0 saturated heterocycles. The SMILES string of the molecule is CC[C@@]1(O)C(=O)OCc2c1cc1n(c2=O)Cc2c-1nc1cc(F)c(C)c3c1c2[C@@H](NC(=O)OCc1ccc(NC(=O)C(CCCNC(N)=O)NC(=O)C(NC(=O)O)C(C)C)cc1)CC3. The number of amides is 6. The largest absolute Gasteiger partial charge is 0.465 e. The van der Waals surface area contributed by atoms with Crippen LogP contribution in [0.15, 0.2) is 41.2 Å². The molecule has 64 heavy (non-hydrogen) atoms. The molecule has 1 aliphatic carbocycles. The van der Waals surface area contributed by atoms with E-state index < -0.39 is 77.0 Å². The second kappa shape index (κ2) is 17.9. The predicted molar refractivity (Wildman–Crippen MR) is 227 cm³/mol. The van der Waals surface area contributed by atoms with E-state index in [-0.39, 0.29) is 56.7 Å². The molecule has 0 fully saturated rings. The number of cyclic esters (lactones) is 1. The lowest BCUT2D eigenvalue weighted by Crippen LogP contribution is -2.54. The Hall–Kier alpha value is -7.09. The highest BCUT2D eigenvalue weighted by Crippen LogP contribution is 2.46. The molecule has 338 valence electrons. The number of urea groups is 1. The van der Waals surface area contributed by atoms with Gasteiger partial charge in [-0.1, -0.05) is 32.9 Å². The van der Waals surface area contributed by atoms with Crippen molar-refractivity contribution in [3.8, 4) is 11.4 Å². The van der Waals surface area contributed by atoms with Crippen molar-refractivity contribution in [2.45, 2.75) is 103 Å². The number of rotatable bonds is 14. The number of carboxylic acid groups (broad SMARTS) is 1. The smallest absolute Gasteiger partial charge is 0.407 e. The monoisotopic (exact) mass is 884 g/mol. The molecule has 20 heteroatoms. The molecule has 19 nitrogen and oxygen atoms in total. The average Bonchev–Trinajstić information content (AvgIpc) is 3.62. The molecule has 0 spiro atoms. The van der Waals surface area contributed by atoms with E-state index in [1.54, 1.807) is 58.0 Å². The first kappa shape index (κ1) is 44.9. The Morgan fingerprint density at radius 2 is 1.80 bits per heavy atom. The molecule has 2 aliphatic heterocycles. The summed E-state index contributed by atoms with van der Waals surface area (Å²) in [4.78, 5) is 93.9. The van der Waals surface area contributed by atoms with Crippen LogP contribution in [0.5, 0.6) is 0 Å². The van der Waals surface area contributed by atoms with Crippen molar-refractivity contribution in [2.75, 3.05) is 11.9 Å². The van der Waals surface area contributed by atoms with Gasteiger partial charge in [-0.25, -0.2) is 28.6 Å². The van der Waals surface area contributed by atoms with Crippen molar-refractivity contribution in [3.05, 3.63) is 91.5 Å². The number of nitrogens with zero attached hydrogens (tertiary/aromatic N) is 2. The quantitative estimate of drug-likeness (QED) is 0.0587. The highest BCUT2D eigenvalue weighted by atomic mass is 19.1. The number of primary amides is 1. The zero-order valence-electron chi connectivity index (χ0n) is 35.6. The van der Waals surface area contributed by atoms with Gasteiger partial charge in [-0.15, -0.1) is 0 Å².